The van der Waals surface area contributed by atoms with Gasteiger partial charge in [0.1, 0.15) is 0 Å². The van der Waals surface area contributed by atoms with E-state index in [4.69, 9.17) is 14.5 Å². The first-order valence-corrected chi connectivity index (χ1v) is 12.4. The summed E-state index contributed by atoms with van der Waals surface area (Å²) < 4.78 is 12.9. The van der Waals surface area contributed by atoms with E-state index in [-0.39, 0.29) is 0 Å². The molecule has 0 N–H and O–H groups in total. The monoisotopic (exact) mass is 412 g/mol. The Bertz CT molecular complexity index is 659. The minimum absolute atomic E-state index is 0.455. The maximum atomic E-state index is 5.20. The van der Waals surface area contributed by atoms with E-state index in [1.807, 2.05) is 24.3 Å². The Balaban J connectivity index is 1.87. The van der Waals surface area contributed by atoms with Crippen molar-refractivity contribution in [2.24, 2.45) is 0 Å². The first-order valence-electron chi connectivity index (χ1n) is 6.39. The van der Waals surface area contributed by atoms with Gasteiger partial charge in [0.15, 0.2) is 0 Å². The molecule has 5 heteroatoms. The van der Waals surface area contributed by atoms with Crippen LogP contribution in [0, 0.1) is 0 Å². The molecular weight excluding hydrogens is 396 g/mol. The SMILES string of the molecule is COc1ccc(-c2nc(-c3ccc(OC)cc3)[se+][se]2)cc1. The fourth-order valence-corrected chi connectivity index (χ4v) is 8.67. The average molecular weight is 410 g/mol. The van der Waals surface area contributed by atoms with E-state index in [0.29, 0.717) is 25.3 Å². The topological polar surface area (TPSA) is 31.4 Å². The molecule has 3 nitrogen and oxygen atoms in total. The molecule has 1 heterocycles. The van der Waals surface area contributed by atoms with Gasteiger partial charge in [0.05, 0.1) is 0 Å². The molecule has 0 atom stereocenters. The molecule has 0 unspecified atom stereocenters. The van der Waals surface area contributed by atoms with Crippen molar-refractivity contribution in [1.29, 1.82) is 0 Å². The van der Waals surface area contributed by atoms with Gasteiger partial charge in [-0.2, -0.15) is 0 Å². The number of aromatic nitrogens is 1. The zero-order valence-corrected chi connectivity index (χ0v) is 15.1. The number of hydrogen-bond acceptors (Lipinski definition) is 3. The number of methoxy groups -OCH3 is 2. The third-order valence-electron chi connectivity index (χ3n) is 3.08. The van der Waals surface area contributed by atoms with Gasteiger partial charge in [0.25, 0.3) is 0 Å². The Hall–Kier alpha value is -1.38. The molecule has 0 radical (unpaired) electrons. The summed E-state index contributed by atoms with van der Waals surface area (Å²) in [4.78, 5) is 4.85. The zero-order chi connectivity index (χ0) is 14.7. The number of benzene rings is 2. The van der Waals surface area contributed by atoms with Crippen LogP contribution in [-0.4, -0.2) is 44.5 Å². The summed E-state index contributed by atoms with van der Waals surface area (Å²) in [6.07, 6.45) is 0. The van der Waals surface area contributed by atoms with Crippen molar-refractivity contribution < 1.29 is 9.47 Å². The summed E-state index contributed by atoms with van der Waals surface area (Å²) in [7, 11) is 3.37. The second kappa shape index (κ2) is 6.59. The molecule has 0 aliphatic rings. The van der Waals surface area contributed by atoms with Gasteiger partial charge in [0.2, 0.25) is 0 Å². The number of ether oxygens (including phenoxy) is 2. The van der Waals surface area contributed by atoms with Crippen LogP contribution in [0.4, 0.5) is 0 Å². The average Bonchev–Trinajstić information content (AvgIpc) is 3.05. The quantitative estimate of drug-likeness (QED) is 0.621. The molecule has 0 bridgehead atoms. The van der Waals surface area contributed by atoms with Gasteiger partial charge in [-0.15, -0.1) is 0 Å². The fraction of sp³-hybridized carbons (Fsp3) is 0.125. The molecule has 0 aliphatic carbocycles. The van der Waals surface area contributed by atoms with Gasteiger partial charge in [-0.3, -0.25) is 0 Å². The van der Waals surface area contributed by atoms with Crippen LogP contribution in [0.2, 0.25) is 0 Å². The third kappa shape index (κ3) is 3.28. The molecule has 1 aromatic heterocycles. The molecule has 3 aromatic rings. The van der Waals surface area contributed by atoms with Crippen molar-refractivity contribution >= 4 is 25.3 Å². The van der Waals surface area contributed by atoms with Crippen LogP contribution in [-0.2, 0) is 0 Å². The standard InChI is InChI=1S/C16H14NO2Se2/c1-18-13-7-3-11(4-8-13)15-17-16(21-20-15)12-5-9-14(19-2)10-6-12/h3-10H,1-2H3/q+1. The summed E-state index contributed by atoms with van der Waals surface area (Å²) in [5, 5.41) is 0. The van der Waals surface area contributed by atoms with Crippen LogP contribution in [0.15, 0.2) is 48.5 Å². The van der Waals surface area contributed by atoms with Crippen molar-refractivity contribution in [1.82, 2.24) is 4.98 Å². The van der Waals surface area contributed by atoms with E-state index in [1.54, 1.807) is 14.2 Å². The van der Waals surface area contributed by atoms with Crippen LogP contribution in [0.3, 0.4) is 0 Å². The van der Waals surface area contributed by atoms with Crippen molar-refractivity contribution in [2.45, 2.75) is 0 Å². The summed E-state index contributed by atoms with van der Waals surface area (Å²) in [6.45, 7) is 0. The minimum atomic E-state index is 0.455. The molecule has 3 rings (SSSR count). The molecule has 0 aliphatic heterocycles. The van der Waals surface area contributed by atoms with Crippen LogP contribution in [0.1, 0.15) is 0 Å². The van der Waals surface area contributed by atoms with Crippen molar-refractivity contribution in [3.05, 3.63) is 48.5 Å². The Morgan fingerprint density at radius 1 is 0.810 bits per heavy atom. The van der Waals surface area contributed by atoms with Crippen LogP contribution < -0.4 is 9.47 Å². The first-order chi connectivity index (χ1) is 10.3. The second-order valence-electron chi connectivity index (χ2n) is 4.35. The molecule has 0 spiro atoms. The molecule has 2 aromatic carbocycles. The third-order valence-corrected chi connectivity index (χ3v) is 9.64. The van der Waals surface area contributed by atoms with Crippen LogP contribution >= 0.6 is 0 Å². The van der Waals surface area contributed by atoms with Gasteiger partial charge < -0.3 is 0 Å². The van der Waals surface area contributed by atoms with Crippen LogP contribution in [0.25, 0.3) is 20.3 Å². The molecule has 21 heavy (non-hydrogen) atoms. The van der Waals surface area contributed by atoms with E-state index in [1.165, 1.54) is 20.3 Å². The van der Waals surface area contributed by atoms with E-state index in [0.717, 1.165) is 11.5 Å². The van der Waals surface area contributed by atoms with Gasteiger partial charge in [0, 0.05) is 0 Å². The summed E-state index contributed by atoms with van der Waals surface area (Å²) >= 11 is 0.910. The molecule has 0 fully saturated rings. The van der Waals surface area contributed by atoms with Gasteiger partial charge >= 0.3 is 134 Å². The van der Waals surface area contributed by atoms with E-state index in [9.17, 15) is 0 Å². The molecule has 0 saturated carbocycles. The van der Waals surface area contributed by atoms with Gasteiger partial charge in [-0.25, -0.2) is 0 Å². The molecule has 0 saturated heterocycles. The Morgan fingerprint density at radius 3 is 1.86 bits per heavy atom. The predicted octanol–water partition coefficient (Wildman–Crippen LogP) is 2.83. The summed E-state index contributed by atoms with van der Waals surface area (Å²) in [5.74, 6) is 1.77. The fourth-order valence-electron chi connectivity index (χ4n) is 1.90. The second-order valence-corrected chi connectivity index (χ2v) is 10.3. The Kier molecular flexibility index (Phi) is 4.57. The zero-order valence-electron chi connectivity index (χ0n) is 11.7. The van der Waals surface area contributed by atoms with Gasteiger partial charge in [-0.1, -0.05) is 0 Å². The first kappa shape index (κ1) is 14.6. The van der Waals surface area contributed by atoms with E-state index in [2.05, 4.69) is 24.3 Å². The summed E-state index contributed by atoms with van der Waals surface area (Å²) in [5.41, 5.74) is 2.42. The van der Waals surface area contributed by atoms with Crippen molar-refractivity contribution in [2.75, 3.05) is 14.2 Å². The Labute approximate surface area is 134 Å². The van der Waals surface area contributed by atoms with Crippen molar-refractivity contribution in [3.63, 3.8) is 0 Å². The van der Waals surface area contributed by atoms with Crippen LogP contribution in [0.5, 0.6) is 11.5 Å². The van der Waals surface area contributed by atoms with E-state index < -0.39 is 0 Å². The van der Waals surface area contributed by atoms with Gasteiger partial charge in [-0.05, 0) is 0 Å². The normalized spacial score (nSPS) is 10.4. The number of hydrogen-bond donors (Lipinski definition) is 0. The molecule has 106 valence electrons. The Morgan fingerprint density at radius 2 is 1.33 bits per heavy atom. The van der Waals surface area contributed by atoms with E-state index >= 15 is 0 Å². The molecular formula is C16H14NO2Se2+. The molecule has 0 amide bonds. The summed E-state index contributed by atoms with van der Waals surface area (Å²) in [6, 6.07) is 16.3. The number of rotatable bonds is 4. The predicted molar refractivity (Wildman–Crippen MR) is 86.5 cm³/mol. The maximum absolute atomic E-state index is 5.20. The number of nitrogens with zero attached hydrogens (tertiary/aromatic N) is 1. The van der Waals surface area contributed by atoms with Crippen molar-refractivity contribution in [3.8, 4) is 31.8 Å².